The van der Waals surface area contributed by atoms with Crippen LogP contribution in [0.1, 0.15) is 43.0 Å². The summed E-state index contributed by atoms with van der Waals surface area (Å²) in [4.78, 5) is 14.7. The Balaban J connectivity index is 1.96. The number of hydrogen-bond acceptors (Lipinski definition) is 4. The van der Waals surface area contributed by atoms with E-state index >= 15 is 0 Å². The first-order valence-electron chi connectivity index (χ1n) is 8.69. The van der Waals surface area contributed by atoms with Gasteiger partial charge in [0, 0.05) is 24.7 Å². The number of benzene rings is 1. The Hall–Kier alpha value is -1.30. The van der Waals surface area contributed by atoms with Crippen molar-refractivity contribution >= 4 is 17.5 Å². The van der Waals surface area contributed by atoms with Crippen LogP contribution in [-0.2, 0) is 4.74 Å². The maximum atomic E-state index is 12.8. The van der Waals surface area contributed by atoms with E-state index in [1.54, 1.807) is 18.2 Å². The third kappa shape index (κ3) is 5.36. The van der Waals surface area contributed by atoms with E-state index < -0.39 is 0 Å². The molecule has 1 aromatic rings. The van der Waals surface area contributed by atoms with Gasteiger partial charge in [-0.1, -0.05) is 18.5 Å². The summed E-state index contributed by atoms with van der Waals surface area (Å²) in [7, 11) is 0. The van der Waals surface area contributed by atoms with E-state index in [9.17, 15) is 4.79 Å². The first kappa shape index (κ1) is 19.0. The molecule has 0 aliphatic carbocycles. The van der Waals surface area contributed by atoms with Crippen molar-refractivity contribution in [2.24, 2.45) is 5.73 Å². The SMILES string of the molecule is CCCOc1ccc(Cl)cc1C(=O)N1CCC(OCCCN)CC1. The summed E-state index contributed by atoms with van der Waals surface area (Å²) in [6.07, 6.45) is 3.68. The van der Waals surface area contributed by atoms with Gasteiger partial charge in [-0.3, -0.25) is 4.79 Å². The molecule has 6 heteroatoms. The van der Waals surface area contributed by atoms with Crippen LogP contribution in [0.2, 0.25) is 5.02 Å². The molecule has 5 nitrogen and oxygen atoms in total. The van der Waals surface area contributed by atoms with E-state index in [4.69, 9.17) is 26.8 Å². The summed E-state index contributed by atoms with van der Waals surface area (Å²) in [5, 5.41) is 0.544. The van der Waals surface area contributed by atoms with Gasteiger partial charge in [0.1, 0.15) is 5.75 Å². The maximum absolute atomic E-state index is 12.8. The lowest BCUT2D eigenvalue weighted by molar-refractivity contribution is 0.00836. The lowest BCUT2D eigenvalue weighted by atomic mass is 10.1. The molecule has 0 saturated carbocycles. The molecule has 1 amide bonds. The zero-order chi connectivity index (χ0) is 17.4. The topological polar surface area (TPSA) is 64.8 Å². The zero-order valence-corrected chi connectivity index (χ0v) is 15.1. The Morgan fingerprint density at radius 2 is 2.08 bits per heavy atom. The molecule has 0 radical (unpaired) electrons. The molecule has 0 bridgehead atoms. The normalized spacial score (nSPS) is 15.5. The maximum Gasteiger partial charge on any atom is 0.257 e. The lowest BCUT2D eigenvalue weighted by Crippen LogP contribution is -2.41. The summed E-state index contributed by atoms with van der Waals surface area (Å²) in [5.74, 6) is 0.580. The van der Waals surface area contributed by atoms with Crippen LogP contribution in [-0.4, -0.2) is 49.8 Å². The first-order valence-corrected chi connectivity index (χ1v) is 9.06. The Kier molecular flexibility index (Phi) is 7.82. The van der Waals surface area contributed by atoms with Crippen molar-refractivity contribution in [2.75, 3.05) is 32.8 Å². The highest BCUT2D eigenvalue weighted by atomic mass is 35.5. The minimum atomic E-state index is -0.0241. The van der Waals surface area contributed by atoms with Crippen molar-refractivity contribution in [3.63, 3.8) is 0 Å². The number of rotatable bonds is 8. The number of halogens is 1. The van der Waals surface area contributed by atoms with Gasteiger partial charge >= 0.3 is 0 Å². The summed E-state index contributed by atoms with van der Waals surface area (Å²) >= 11 is 6.07. The second-order valence-corrected chi connectivity index (χ2v) is 6.43. The van der Waals surface area contributed by atoms with Crippen molar-refractivity contribution in [1.29, 1.82) is 0 Å². The fourth-order valence-electron chi connectivity index (χ4n) is 2.74. The zero-order valence-electron chi connectivity index (χ0n) is 14.3. The molecule has 1 heterocycles. The molecule has 1 fully saturated rings. The van der Waals surface area contributed by atoms with Crippen LogP contribution >= 0.6 is 11.6 Å². The largest absolute Gasteiger partial charge is 0.493 e. The lowest BCUT2D eigenvalue weighted by Gasteiger charge is -2.32. The van der Waals surface area contributed by atoms with E-state index in [1.165, 1.54) is 0 Å². The van der Waals surface area contributed by atoms with Crippen molar-refractivity contribution in [3.8, 4) is 5.75 Å². The van der Waals surface area contributed by atoms with Gasteiger partial charge < -0.3 is 20.1 Å². The smallest absolute Gasteiger partial charge is 0.257 e. The van der Waals surface area contributed by atoms with Crippen LogP contribution in [0, 0.1) is 0 Å². The second-order valence-electron chi connectivity index (χ2n) is 5.99. The Morgan fingerprint density at radius 3 is 2.75 bits per heavy atom. The quantitative estimate of drug-likeness (QED) is 0.728. The summed E-state index contributed by atoms with van der Waals surface area (Å²) in [6, 6.07) is 5.22. The predicted molar refractivity (Wildman–Crippen MR) is 95.8 cm³/mol. The van der Waals surface area contributed by atoms with Gasteiger partial charge in [0.25, 0.3) is 5.91 Å². The summed E-state index contributed by atoms with van der Waals surface area (Å²) < 4.78 is 11.5. The number of piperidine rings is 1. The minimum absolute atomic E-state index is 0.0241. The minimum Gasteiger partial charge on any atom is -0.493 e. The van der Waals surface area contributed by atoms with Gasteiger partial charge in [0.2, 0.25) is 0 Å². The van der Waals surface area contributed by atoms with Gasteiger partial charge in [-0.05, 0) is 50.4 Å². The fraction of sp³-hybridized carbons (Fsp3) is 0.611. The highest BCUT2D eigenvalue weighted by Crippen LogP contribution is 2.26. The number of nitrogens with zero attached hydrogens (tertiary/aromatic N) is 1. The van der Waals surface area contributed by atoms with Crippen molar-refractivity contribution < 1.29 is 14.3 Å². The molecule has 0 atom stereocenters. The fourth-order valence-corrected chi connectivity index (χ4v) is 2.91. The van der Waals surface area contributed by atoms with Gasteiger partial charge in [-0.15, -0.1) is 0 Å². The Bertz CT molecular complexity index is 531. The number of nitrogens with two attached hydrogens (primary N) is 1. The third-order valence-electron chi connectivity index (χ3n) is 4.06. The molecule has 1 saturated heterocycles. The number of ether oxygens (including phenoxy) is 2. The predicted octanol–water partition coefficient (Wildman–Crippen LogP) is 3.10. The summed E-state index contributed by atoms with van der Waals surface area (Å²) in [5.41, 5.74) is 6.02. The number of carbonyl (C=O) groups excluding carboxylic acids is 1. The molecule has 0 unspecified atom stereocenters. The van der Waals surface area contributed by atoms with E-state index in [0.29, 0.717) is 49.2 Å². The van der Waals surface area contributed by atoms with Crippen molar-refractivity contribution in [1.82, 2.24) is 4.90 Å². The van der Waals surface area contributed by atoms with Crippen LogP contribution in [0.3, 0.4) is 0 Å². The molecule has 24 heavy (non-hydrogen) atoms. The molecule has 1 aliphatic rings. The first-order chi connectivity index (χ1) is 11.7. The van der Waals surface area contributed by atoms with Gasteiger partial charge in [0.15, 0.2) is 0 Å². The number of amides is 1. The number of likely N-dealkylation sites (tertiary alicyclic amines) is 1. The average molecular weight is 355 g/mol. The molecule has 2 rings (SSSR count). The Morgan fingerprint density at radius 1 is 1.33 bits per heavy atom. The van der Waals surface area contributed by atoms with Crippen LogP contribution in [0.4, 0.5) is 0 Å². The second kappa shape index (κ2) is 9.87. The molecule has 1 aromatic carbocycles. The molecule has 1 aliphatic heterocycles. The third-order valence-corrected chi connectivity index (χ3v) is 4.30. The van der Waals surface area contributed by atoms with E-state index in [2.05, 4.69) is 0 Å². The highest BCUT2D eigenvalue weighted by molar-refractivity contribution is 6.31. The van der Waals surface area contributed by atoms with E-state index in [1.807, 2.05) is 11.8 Å². The monoisotopic (exact) mass is 354 g/mol. The molecule has 2 N–H and O–H groups in total. The van der Waals surface area contributed by atoms with Gasteiger partial charge in [0.05, 0.1) is 18.3 Å². The average Bonchev–Trinajstić information content (AvgIpc) is 2.61. The van der Waals surface area contributed by atoms with Gasteiger partial charge in [-0.2, -0.15) is 0 Å². The number of hydrogen-bond donors (Lipinski definition) is 1. The van der Waals surface area contributed by atoms with E-state index in [0.717, 1.165) is 25.7 Å². The van der Waals surface area contributed by atoms with Crippen molar-refractivity contribution in [3.05, 3.63) is 28.8 Å². The number of carbonyl (C=O) groups is 1. The van der Waals surface area contributed by atoms with E-state index in [-0.39, 0.29) is 12.0 Å². The van der Waals surface area contributed by atoms with Crippen LogP contribution in [0.5, 0.6) is 5.75 Å². The van der Waals surface area contributed by atoms with Crippen LogP contribution in [0.15, 0.2) is 18.2 Å². The molecular weight excluding hydrogens is 328 g/mol. The molecule has 0 aromatic heterocycles. The standard InChI is InChI=1S/C18H27ClN2O3/c1-2-11-24-17-5-4-14(19)13-16(17)18(22)21-9-6-15(7-10-21)23-12-3-8-20/h4-5,13,15H,2-3,6-12,20H2,1H3. The van der Waals surface area contributed by atoms with Crippen LogP contribution < -0.4 is 10.5 Å². The van der Waals surface area contributed by atoms with Crippen molar-refractivity contribution in [2.45, 2.75) is 38.7 Å². The molecular formula is C18H27ClN2O3. The summed E-state index contributed by atoms with van der Waals surface area (Å²) in [6.45, 7) is 5.33. The Labute approximate surface area is 149 Å². The van der Waals surface area contributed by atoms with Crippen LogP contribution in [0.25, 0.3) is 0 Å². The molecule has 0 spiro atoms. The molecule has 134 valence electrons. The highest BCUT2D eigenvalue weighted by Gasteiger charge is 2.26. The van der Waals surface area contributed by atoms with Gasteiger partial charge in [-0.25, -0.2) is 0 Å².